The van der Waals surface area contributed by atoms with Gasteiger partial charge in [-0.25, -0.2) is 0 Å². The quantitative estimate of drug-likeness (QED) is 0.256. The highest BCUT2D eigenvalue weighted by atomic mass is 79.9. The third-order valence-electron chi connectivity index (χ3n) is 9.42. The van der Waals surface area contributed by atoms with Crippen molar-refractivity contribution in [3.8, 4) is 0 Å². The molecule has 43 heavy (non-hydrogen) atoms. The molecular weight excluding hydrogens is 616 g/mol. The molecule has 1 N–H and O–H groups in total. The first-order chi connectivity index (χ1) is 20.8. The molecule has 0 radical (unpaired) electrons. The molecule has 11 heteroatoms. The third kappa shape index (κ3) is 5.70. The van der Waals surface area contributed by atoms with Crippen LogP contribution in [-0.2, 0) is 23.9 Å². The number of anilines is 1. The number of likely N-dealkylation sites (tertiary alicyclic amines) is 1. The maximum atomic E-state index is 14.6. The van der Waals surface area contributed by atoms with Crippen LogP contribution < -0.4 is 4.90 Å². The number of alkyl halides is 1. The Labute approximate surface area is 262 Å². The Balaban J connectivity index is 1.52. The number of hydrogen-bond acceptors (Lipinski definition) is 7. The smallest absolute Gasteiger partial charge is 0.248 e. The number of nitrogens with zero attached hydrogens (tertiary/aromatic N) is 4. The second-order valence-electron chi connectivity index (χ2n) is 11.8. The highest BCUT2D eigenvalue weighted by Crippen LogP contribution is 2.61. The fourth-order valence-corrected chi connectivity index (χ4v) is 8.33. The summed E-state index contributed by atoms with van der Waals surface area (Å²) in [5.41, 5.74) is -0.502. The van der Waals surface area contributed by atoms with Crippen molar-refractivity contribution in [1.82, 2.24) is 14.7 Å². The number of hydrogen-bond donors (Lipinski definition) is 1. The first kappa shape index (κ1) is 31.8. The fourth-order valence-electron chi connectivity index (χ4n) is 7.38. The molecule has 0 aromatic heterocycles. The van der Waals surface area contributed by atoms with Gasteiger partial charge in [-0.15, -0.1) is 13.2 Å². The average Bonchev–Trinajstić information content (AvgIpc) is 3.62. The highest BCUT2D eigenvalue weighted by molar-refractivity contribution is 9.09. The Hall–Kier alpha value is -2.57. The van der Waals surface area contributed by atoms with E-state index in [2.05, 4.69) is 34.0 Å². The van der Waals surface area contributed by atoms with Gasteiger partial charge in [0.25, 0.3) is 0 Å². The number of ether oxygens (including phenoxy) is 2. The van der Waals surface area contributed by atoms with Crippen molar-refractivity contribution in [2.24, 2.45) is 11.8 Å². The van der Waals surface area contributed by atoms with E-state index in [9.17, 15) is 19.5 Å². The van der Waals surface area contributed by atoms with Crippen molar-refractivity contribution in [1.29, 1.82) is 0 Å². The molecule has 4 saturated heterocycles. The summed E-state index contributed by atoms with van der Waals surface area (Å²) < 4.78 is 12.2. The Morgan fingerprint density at radius 1 is 1.16 bits per heavy atom. The topological polar surface area (TPSA) is 103 Å². The van der Waals surface area contributed by atoms with Gasteiger partial charge in [-0.3, -0.25) is 19.3 Å². The van der Waals surface area contributed by atoms with Crippen molar-refractivity contribution in [2.75, 3.05) is 64.0 Å². The van der Waals surface area contributed by atoms with Gasteiger partial charge < -0.3 is 29.3 Å². The Kier molecular flexibility index (Phi) is 10.1. The molecule has 4 aliphatic rings. The van der Waals surface area contributed by atoms with Crippen molar-refractivity contribution in [3.63, 3.8) is 0 Å². The van der Waals surface area contributed by atoms with Gasteiger partial charge in [0.05, 0.1) is 43.8 Å². The van der Waals surface area contributed by atoms with E-state index >= 15 is 0 Å². The van der Waals surface area contributed by atoms with Crippen LogP contribution in [-0.4, -0.2) is 125 Å². The summed E-state index contributed by atoms with van der Waals surface area (Å²) in [5, 5.41) is 10.4. The van der Waals surface area contributed by atoms with E-state index in [0.717, 1.165) is 13.1 Å². The van der Waals surface area contributed by atoms with E-state index in [-0.39, 0.29) is 35.7 Å². The van der Waals surface area contributed by atoms with Crippen molar-refractivity contribution in [3.05, 3.63) is 55.6 Å². The molecule has 4 heterocycles. The molecule has 5 rings (SSSR count). The molecule has 7 atom stereocenters. The first-order valence-electron chi connectivity index (χ1n) is 15.2. The Morgan fingerprint density at radius 2 is 1.86 bits per heavy atom. The summed E-state index contributed by atoms with van der Waals surface area (Å²) in [6.45, 7) is 13.9. The fraction of sp³-hybridized carbons (Fsp3) is 0.594. The third-order valence-corrected chi connectivity index (χ3v) is 10.3. The van der Waals surface area contributed by atoms with E-state index in [1.54, 1.807) is 26.9 Å². The number of fused-ring (bicyclic) bond motifs is 1. The predicted molar refractivity (Wildman–Crippen MR) is 167 cm³/mol. The number of aliphatic hydroxyl groups is 1. The van der Waals surface area contributed by atoms with Crippen LogP contribution >= 0.6 is 15.9 Å². The largest absolute Gasteiger partial charge is 0.394 e. The van der Waals surface area contributed by atoms with E-state index in [0.29, 0.717) is 51.4 Å². The average molecular weight is 660 g/mol. The lowest BCUT2D eigenvalue weighted by Gasteiger charge is -2.39. The van der Waals surface area contributed by atoms with Gasteiger partial charge >= 0.3 is 0 Å². The molecule has 1 aromatic rings. The summed E-state index contributed by atoms with van der Waals surface area (Å²) in [6.07, 6.45) is 3.64. The number of carbonyl (C=O) groups is 3. The van der Waals surface area contributed by atoms with Gasteiger partial charge in [-0.05, 0) is 25.0 Å². The number of rotatable bonds is 13. The Morgan fingerprint density at radius 3 is 2.49 bits per heavy atom. The summed E-state index contributed by atoms with van der Waals surface area (Å²) in [5.74, 6) is -2.44. The molecule has 3 unspecified atom stereocenters. The van der Waals surface area contributed by atoms with E-state index in [1.165, 1.54) is 0 Å². The summed E-state index contributed by atoms with van der Waals surface area (Å²) in [7, 11) is 0. The number of para-hydroxylation sites is 1. The number of amides is 3. The van der Waals surface area contributed by atoms with Crippen LogP contribution in [0.25, 0.3) is 0 Å². The van der Waals surface area contributed by atoms with E-state index < -0.39 is 35.6 Å². The van der Waals surface area contributed by atoms with E-state index in [1.807, 2.05) is 37.3 Å². The number of benzene rings is 1. The van der Waals surface area contributed by atoms with Crippen LogP contribution in [0.2, 0.25) is 0 Å². The minimum absolute atomic E-state index is 0.225. The minimum Gasteiger partial charge on any atom is -0.394 e. The van der Waals surface area contributed by atoms with Gasteiger partial charge in [-0.2, -0.15) is 0 Å². The molecule has 234 valence electrons. The maximum Gasteiger partial charge on any atom is 0.248 e. The maximum absolute atomic E-state index is 14.6. The van der Waals surface area contributed by atoms with Gasteiger partial charge in [-0.1, -0.05) is 53.2 Å². The first-order valence-corrected chi connectivity index (χ1v) is 16.2. The molecule has 4 aliphatic heterocycles. The SMILES string of the molecule is C=CCN(CCN1CCOCC1)C(=O)C1N([C@@H](CC)CO)C(=O)[C@@H]2[C@H](C(=O)N(CC=C)c3ccccc3)[C@H]3OC12CC3Br. The molecule has 1 aromatic carbocycles. The predicted octanol–water partition coefficient (Wildman–Crippen LogP) is 2.07. The lowest BCUT2D eigenvalue weighted by atomic mass is 9.70. The minimum atomic E-state index is -1.20. The normalized spacial score (nSPS) is 30.6. The summed E-state index contributed by atoms with van der Waals surface area (Å²) >= 11 is 3.76. The monoisotopic (exact) mass is 658 g/mol. The van der Waals surface area contributed by atoms with Crippen LogP contribution in [0.15, 0.2) is 55.6 Å². The van der Waals surface area contributed by atoms with Crippen LogP contribution in [0.1, 0.15) is 19.8 Å². The second-order valence-corrected chi connectivity index (χ2v) is 12.9. The van der Waals surface area contributed by atoms with Crippen molar-refractivity contribution >= 4 is 39.3 Å². The van der Waals surface area contributed by atoms with Crippen molar-refractivity contribution in [2.45, 2.75) is 48.4 Å². The zero-order valence-corrected chi connectivity index (χ0v) is 26.4. The van der Waals surface area contributed by atoms with Crippen LogP contribution in [0.5, 0.6) is 0 Å². The lowest BCUT2D eigenvalue weighted by Crippen LogP contribution is -2.59. The summed E-state index contributed by atoms with van der Waals surface area (Å²) in [4.78, 5) is 50.4. The van der Waals surface area contributed by atoms with Gasteiger partial charge in [0, 0.05) is 49.8 Å². The molecule has 0 aliphatic carbocycles. The number of morpholine rings is 1. The van der Waals surface area contributed by atoms with E-state index in [4.69, 9.17) is 9.47 Å². The van der Waals surface area contributed by atoms with Gasteiger partial charge in [0.15, 0.2) is 0 Å². The zero-order valence-electron chi connectivity index (χ0n) is 24.9. The zero-order chi connectivity index (χ0) is 30.7. The van der Waals surface area contributed by atoms with Crippen LogP contribution in [0.3, 0.4) is 0 Å². The Bertz CT molecular complexity index is 1190. The molecule has 2 bridgehead atoms. The molecule has 10 nitrogen and oxygen atoms in total. The van der Waals surface area contributed by atoms with Crippen molar-refractivity contribution < 1.29 is 29.0 Å². The van der Waals surface area contributed by atoms with Gasteiger partial charge in [0.1, 0.15) is 11.6 Å². The molecular formula is C32H43BrN4O6. The number of aliphatic hydroxyl groups excluding tert-OH is 1. The van der Waals surface area contributed by atoms with Crippen LogP contribution in [0.4, 0.5) is 5.69 Å². The lowest BCUT2D eigenvalue weighted by molar-refractivity contribution is -0.151. The molecule has 1 spiro atoms. The second kappa shape index (κ2) is 13.6. The highest BCUT2D eigenvalue weighted by Gasteiger charge is 2.77. The molecule has 0 saturated carbocycles. The number of halogens is 1. The van der Waals surface area contributed by atoms with Crippen LogP contribution in [0, 0.1) is 11.8 Å². The summed E-state index contributed by atoms with van der Waals surface area (Å²) in [6, 6.07) is 7.75. The molecule has 3 amide bonds. The van der Waals surface area contributed by atoms with Gasteiger partial charge in [0.2, 0.25) is 17.7 Å². The standard InChI is InChI=1S/C32H43BrN4O6/c1-4-12-35(15-14-34-16-18-42-19-17-34)31(41)28-32-20-24(33)27(43-32)25(26(32)30(40)37(28)22(6-3)21-38)29(39)36(13-5-2)23-10-8-7-9-11-23/h4-5,7-11,22,24-28,38H,1-2,6,12-21H2,3H3/t22-,24?,25-,26-,27-,28?,32?/m0/s1. The molecule has 4 fully saturated rings. The number of carbonyl (C=O) groups excluding carboxylic acids is 3.